The van der Waals surface area contributed by atoms with Crippen molar-refractivity contribution < 1.29 is 19.7 Å². The van der Waals surface area contributed by atoms with E-state index in [0.29, 0.717) is 74.9 Å². The molecule has 9 aromatic rings. The van der Waals surface area contributed by atoms with Crippen LogP contribution < -0.4 is 0 Å². The van der Waals surface area contributed by atoms with Crippen LogP contribution in [0.15, 0.2) is 161 Å². The third-order valence-corrected chi connectivity index (χ3v) is 12.9. The van der Waals surface area contributed by atoms with Crippen molar-refractivity contribution in [3.05, 3.63) is 236 Å². The fourth-order valence-electron chi connectivity index (χ4n) is 9.24. The van der Waals surface area contributed by atoms with Crippen LogP contribution in [-0.2, 0) is 21.1 Å². The van der Waals surface area contributed by atoms with Gasteiger partial charge in [0, 0.05) is 44.5 Å². The standard InChI is InChI=1S/C20H11N5O.C16H9N5O.C14H7N5O.C13H5N5O/c21-10-16-17(11-22)24-20-18(23-16)14-8-4-5-9-15(14)19(20)25-26-12-13-6-2-1-3-7-13;1-2-7-22-21-15-11-6-4-3-5-10(11)14-16(15)20-13(9-18)12(8-17)19-14;1-20-19-13-9-5-3-2-4-8(9)12-14(13)18-11(7-16)10(6-15)17-12;14-5-9-10(6-15)17-13-11(16-9)7-3-1-2-4-8(7)12(13)18-19/h1-9H,12H2;2-6H,1,7H2;2-5H,1H3;1-4,19H. The normalized spacial score (nSPS) is 13.1. The van der Waals surface area contributed by atoms with Gasteiger partial charge in [0.25, 0.3) is 0 Å². The zero-order valence-corrected chi connectivity index (χ0v) is 44.9. The van der Waals surface area contributed by atoms with E-state index in [9.17, 15) is 10.5 Å². The van der Waals surface area contributed by atoms with Crippen LogP contribution in [0.5, 0.6) is 0 Å². The summed E-state index contributed by atoms with van der Waals surface area (Å²) in [7, 11) is 1.44. The highest BCUT2D eigenvalue weighted by atomic mass is 16.6. The van der Waals surface area contributed by atoms with Crippen LogP contribution >= 0.6 is 0 Å². The number of nitriles is 8. The second kappa shape index (κ2) is 25.2. The van der Waals surface area contributed by atoms with E-state index in [1.165, 1.54) is 7.11 Å². The summed E-state index contributed by atoms with van der Waals surface area (Å²) in [5, 5.41) is 97.3. The number of hydrogen-bond donors (Lipinski definition) is 1. The van der Waals surface area contributed by atoms with Crippen LogP contribution in [-0.4, -0.2) is 81.6 Å². The van der Waals surface area contributed by atoms with Crippen LogP contribution in [0.4, 0.5) is 0 Å². The average molecular weight is 1130 g/mol. The molecule has 0 fully saturated rings. The zero-order valence-electron chi connectivity index (χ0n) is 44.9. The number of benzene rings is 5. The first-order valence-corrected chi connectivity index (χ1v) is 25.4. The Labute approximate surface area is 493 Å². The first kappa shape index (κ1) is 56.2. The maximum Gasteiger partial charge on any atom is 0.177 e. The van der Waals surface area contributed by atoms with Crippen molar-refractivity contribution in [2.45, 2.75) is 6.61 Å². The third-order valence-electron chi connectivity index (χ3n) is 12.9. The Morgan fingerprint density at radius 3 is 0.931 bits per heavy atom. The van der Waals surface area contributed by atoms with Crippen LogP contribution in [0.25, 0.3) is 45.0 Å². The Morgan fingerprint density at radius 1 is 0.368 bits per heavy atom. The molecule has 24 nitrogen and oxygen atoms in total. The molecule has 0 aliphatic heterocycles. The van der Waals surface area contributed by atoms with Crippen molar-refractivity contribution in [1.82, 2.24) is 39.9 Å². The number of hydrogen-bond acceptors (Lipinski definition) is 24. The molecule has 24 heteroatoms. The monoisotopic (exact) mass is 1130 g/mol. The van der Waals surface area contributed by atoms with Gasteiger partial charge in [0.1, 0.15) is 137 Å². The van der Waals surface area contributed by atoms with Gasteiger partial charge in [0.05, 0.1) is 0 Å². The minimum absolute atomic E-state index is 0.00399. The quantitative estimate of drug-likeness (QED) is 0.0677. The van der Waals surface area contributed by atoms with Gasteiger partial charge in [-0.25, -0.2) is 39.9 Å². The molecule has 0 amide bonds. The lowest BCUT2D eigenvalue weighted by Gasteiger charge is -2.03. The summed E-state index contributed by atoms with van der Waals surface area (Å²) in [6.07, 6.45) is 1.58. The molecule has 0 unspecified atom stereocenters. The van der Waals surface area contributed by atoms with Crippen molar-refractivity contribution in [3.8, 4) is 93.6 Å². The molecule has 87 heavy (non-hydrogen) atoms. The van der Waals surface area contributed by atoms with E-state index in [-0.39, 0.29) is 57.9 Å². The molecule has 5 aromatic carbocycles. The molecule has 4 heterocycles. The van der Waals surface area contributed by atoms with Gasteiger partial charge >= 0.3 is 0 Å². The van der Waals surface area contributed by atoms with E-state index in [4.69, 9.17) is 51.3 Å². The van der Waals surface area contributed by atoms with Gasteiger partial charge in [-0.05, 0) is 5.56 Å². The van der Waals surface area contributed by atoms with Gasteiger partial charge in [0.15, 0.2) is 45.6 Å². The van der Waals surface area contributed by atoms with Crippen LogP contribution in [0, 0.1) is 90.6 Å². The Kier molecular flexibility index (Phi) is 16.3. The number of nitrogens with zero attached hydrogens (tertiary/aromatic N) is 20. The Balaban J connectivity index is 0.000000129. The lowest BCUT2D eigenvalue weighted by Crippen LogP contribution is -2.06. The summed E-state index contributed by atoms with van der Waals surface area (Å²) in [5.74, 6) is 0. The van der Waals surface area contributed by atoms with E-state index in [0.717, 1.165) is 44.5 Å². The molecule has 1 N–H and O–H groups in total. The topological polar surface area (TPSA) is 391 Å². The fraction of sp³-hybridized carbons (Fsp3) is 0.0476. The van der Waals surface area contributed by atoms with E-state index >= 15 is 0 Å². The van der Waals surface area contributed by atoms with Gasteiger partial charge in [-0.2, -0.15) is 42.1 Å². The van der Waals surface area contributed by atoms with Gasteiger partial charge in [0.2, 0.25) is 0 Å². The Bertz CT molecular complexity index is 4850. The van der Waals surface area contributed by atoms with Gasteiger partial charge < -0.3 is 19.7 Å². The molecule has 0 bridgehead atoms. The molecule has 4 aromatic heterocycles. The number of rotatable bonds is 7. The van der Waals surface area contributed by atoms with Crippen molar-refractivity contribution in [2.24, 2.45) is 20.6 Å². The summed E-state index contributed by atoms with van der Waals surface area (Å²) in [4.78, 5) is 49.3. The summed E-state index contributed by atoms with van der Waals surface area (Å²) < 4.78 is 0. The van der Waals surface area contributed by atoms with Crippen LogP contribution in [0.3, 0.4) is 0 Å². The van der Waals surface area contributed by atoms with Gasteiger partial charge in [-0.15, -0.1) is 0 Å². The molecule has 0 atom stereocenters. The molecule has 0 spiro atoms. The maximum atomic E-state index is 9.23. The molecule has 408 valence electrons. The van der Waals surface area contributed by atoms with E-state index < -0.39 is 0 Å². The average Bonchev–Trinajstić information content (AvgIpc) is 2.11. The third kappa shape index (κ3) is 10.6. The van der Waals surface area contributed by atoms with Crippen molar-refractivity contribution in [3.63, 3.8) is 0 Å². The maximum absolute atomic E-state index is 9.23. The van der Waals surface area contributed by atoms with E-state index in [1.807, 2.05) is 158 Å². The first-order valence-electron chi connectivity index (χ1n) is 25.4. The minimum Gasteiger partial charge on any atom is -0.410 e. The SMILES string of the molecule is C=CCON=C1c2ccccc2-c2nc(C#N)c(C#N)nc21.CON=C1c2ccccc2-c2nc(C#N)c(C#N)nc21.N#Cc1nc2c(nc1C#N)-c1ccccc1C2=NO.N#Cc1nc2c(nc1C#N)-c1ccccc1C2=NOCc1ccccc1. The van der Waals surface area contributed by atoms with Crippen LogP contribution in [0.2, 0.25) is 0 Å². The summed E-state index contributed by atoms with van der Waals surface area (Å²) in [6.45, 7) is 4.14. The zero-order chi connectivity index (χ0) is 61.0. The molecule has 0 saturated carbocycles. The summed E-state index contributed by atoms with van der Waals surface area (Å²) in [6, 6.07) is 54.4. The van der Waals surface area contributed by atoms with Crippen molar-refractivity contribution in [1.29, 1.82) is 42.1 Å². The highest BCUT2D eigenvalue weighted by Gasteiger charge is 2.34. The van der Waals surface area contributed by atoms with Crippen molar-refractivity contribution >= 4 is 22.8 Å². The van der Waals surface area contributed by atoms with E-state index in [2.05, 4.69) is 67.1 Å². The van der Waals surface area contributed by atoms with Crippen molar-refractivity contribution in [2.75, 3.05) is 13.7 Å². The largest absolute Gasteiger partial charge is 0.410 e. The highest BCUT2D eigenvalue weighted by Crippen LogP contribution is 2.39. The Hall–Kier alpha value is -14.0. The molecule has 0 radical (unpaired) electrons. The predicted octanol–water partition coefficient (Wildman–Crippen LogP) is 8.35. The van der Waals surface area contributed by atoms with Gasteiger partial charge in [-0.3, -0.25) is 0 Å². The first-order chi connectivity index (χ1) is 42.7. The number of fused-ring (bicyclic) bond motifs is 12. The predicted molar refractivity (Wildman–Crippen MR) is 306 cm³/mol. The lowest BCUT2D eigenvalue weighted by atomic mass is 10.1. The molecular weight excluding hydrogens is 1100 g/mol. The highest BCUT2D eigenvalue weighted by molar-refractivity contribution is 6.25. The molecule has 4 aliphatic carbocycles. The second-order valence-corrected chi connectivity index (χ2v) is 17.8. The lowest BCUT2D eigenvalue weighted by molar-refractivity contribution is 0.131. The minimum atomic E-state index is -0.0739. The Morgan fingerprint density at radius 2 is 0.632 bits per heavy atom. The fourth-order valence-corrected chi connectivity index (χ4v) is 9.24. The molecular formula is C63H32N20O4. The summed E-state index contributed by atoms with van der Waals surface area (Å²) in [5.41, 5.74) is 12.7. The molecule has 4 aliphatic rings. The van der Waals surface area contributed by atoms with Crippen LogP contribution in [0.1, 0.15) is 96.1 Å². The smallest absolute Gasteiger partial charge is 0.177 e. The molecule has 0 saturated heterocycles. The van der Waals surface area contributed by atoms with E-state index in [1.54, 1.807) is 24.3 Å². The van der Waals surface area contributed by atoms with Gasteiger partial charge in [-0.1, -0.05) is 161 Å². The summed E-state index contributed by atoms with van der Waals surface area (Å²) >= 11 is 0. The second-order valence-electron chi connectivity index (χ2n) is 17.8. The molecule has 13 rings (SSSR count). The number of oxime groups is 4. The number of aromatic nitrogens is 8.